The maximum atomic E-state index is 13.5. The number of nitrogens with zero attached hydrogens (tertiary/aromatic N) is 2. The summed E-state index contributed by atoms with van der Waals surface area (Å²) in [6.45, 7) is 0. The lowest BCUT2D eigenvalue weighted by Gasteiger charge is -2.26. The van der Waals surface area contributed by atoms with Crippen LogP contribution in [0, 0.1) is 0 Å². The molecule has 1 fully saturated rings. The van der Waals surface area contributed by atoms with Crippen molar-refractivity contribution in [2.75, 3.05) is 4.90 Å². The largest absolute Gasteiger partial charge is 0.494 e. The minimum Gasteiger partial charge on any atom is -0.494 e. The van der Waals surface area contributed by atoms with Gasteiger partial charge in [0.25, 0.3) is 17.4 Å². The standard InChI is InChI=1S/C33H22N8O8/c42-26-20(28(44)40(32(48)38-26)18-8-12-22-24(14-18)36-30(46)34-22)10-6-17(16-4-2-1-3-5-16)7-11-21-27(43)39-33(49)41(29(21)45)19-9-13-23-25(15-19)37-31(47)35-23/h1-15,42H,(H,38,48)(H2,34,36,46)(H2,35,37,47)(H,39,43,49)/b10-6?,17-7?,21-11+. The Morgan fingerprint density at radius 3 is 1.98 bits per heavy atom. The lowest BCUT2D eigenvalue weighted by Crippen LogP contribution is -2.54. The number of imidazole rings is 2. The van der Waals surface area contributed by atoms with Gasteiger partial charge in [0, 0.05) is 0 Å². The molecule has 0 bridgehead atoms. The number of H-pyrrole nitrogens is 5. The van der Waals surface area contributed by atoms with Crippen LogP contribution in [0.25, 0.3) is 39.4 Å². The van der Waals surface area contributed by atoms with Gasteiger partial charge in [0.2, 0.25) is 5.88 Å². The molecule has 0 unspecified atom stereocenters. The van der Waals surface area contributed by atoms with E-state index >= 15 is 0 Å². The van der Waals surface area contributed by atoms with E-state index in [-0.39, 0.29) is 16.9 Å². The zero-order chi connectivity index (χ0) is 34.4. The number of hydrogen-bond acceptors (Lipinski definition) is 8. The number of fused-ring (bicyclic) bond motifs is 2. The summed E-state index contributed by atoms with van der Waals surface area (Å²) in [7, 11) is 0. The number of nitrogens with one attached hydrogen (secondary N) is 6. The van der Waals surface area contributed by atoms with Crippen molar-refractivity contribution in [3.05, 3.63) is 143 Å². The van der Waals surface area contributed by atoms with E-state index in [1.165, 1.54) is 60.7 Å². The molecule has 242 valence electrons. The van der Waals surface area contributed by atoms with E-state index in [1.807, 2.05) is 0 Å². The molecule has 1 aliphatic rings. The molecule has 0 saturated carbocycles. The van der Waals surface area contributed by atoms with Gasteiger partial charge in [-0.1, -0.05) is 42.5 Å². The first-order chi connectivity index (χ1) is 23.6. The van der Waals surface area contributed by atoms with Crippen LogP contribution in [0.1, 0.15) is 11.1 Å². The zero-order valence-corrected chi connectivity index (χ0v) is 24.9. The summed E-state index contributed by atoms with van der Waals surface area (Å²) in [5, 5.41) is 12.7. The molecule has 3 aromatic heterocycles. The highest BCUT2D eigenvalue weighted by atomic mass is 16.3. The fourth-order valence-electron chi connectivity index (χ4n) is 5.38. The Morgan fingerprint density at radius 2 is 1.31 bits per heavy atom. The molecular weight excluding hydrogens is 636 g/mol. The number of allylic oxidation sites excluding steroid dienone is 4. The smallest absolute Gasteiger partial charge is 0.335 e. The molecule has 4 heterocycles. The van der Waals surface area contributed by atoms with E-state index in [9.17, 15) is 38.7 Å². The average Bonchev–Trinajstić information content (AvgIpc) is 3.63. The fraction of sp³-hybridized carbons (Fsp3) is 0. The van der Waals surface area contributed by atoms with Gasteiger partial charge in [-0.15, -0.1) is 0 Å². The minimum absolute atomic E-state index is 0.0997. The number of benzene rings is 3. The third-order valence-corrected chi connectivity index (χ3v) is 7.70. The number of imide groups is 2. The molecule has 16 nitrogen and oxygen atoms in total. The van der Waals surface area contributed by atoms with Gasteiger partial charge in [-0.2, -0.15) is 0 Å². The molecule has 3 aromatic carbocycles. The van der Waals surface area contributed by atoms with Crippen molar-refractivity contribution in [2.45, 2.75) is 0 Å². The van der Waals surface area contributed by atoms with Crippen LogP contribution in [0.15, 0.2) is 110 Å². The molecule has 7 rings (SSSR count). The van der Waals surface area contributed by atoms with Gasteiger partial charge in [0.1, 0.15) is 11.1 Å². The maximum Gasteiger partial charge on any atom is 0.335 e. The van der Waals surface area contributed by atoms with E-state index in [2.05, 4.69) is 30.2 Å². The van der Waals surface area contributed by atoms with Crippen LogP contribution in [0.2, 0.25) is 0 Å². The number of carbonyl (C=O) groups excluding carboxylic acids is 3. The van der Waals surface area contributed by atoms with E-state index in [0.29, 0.717) is 33.2 Å². The highest BCUT2D eigenvalue weighted by molar-refractivity contribution is 6.37. The van der Waals surface area contributed by atoms with Gasteiger partial charge < -0.3 is 25.0 Å². The average molecular weight is 659 g/mol. The Balaban J connectivity index is 1.28. The van der Waals surface area contributed by atoms with Gasteiger partial charge in [0.05, 0.1) is 33.4 Å². The Hall–Kier alpha value is -7.49. The predicted octanol–water partition coefficient (Wildman–Crippen LogP) is 1.88. The van der Waals surface area contributed by atoms with Crippen LogP contribution < -0.4 is 32.8 Å². The summed E-state index contributed by atoms with van der Waals surface area (Å²) in [6, 6.07) is 16.4. The Kier molecular flexibility index (Phi) is 7.21. The maximum absolute atomic E-state index is 13.5. The third kappa shape index (κ3) is 5.50. The summed E-state index contributed by atoms with van der Waals surface area (Å²) in [4.78, 5) is 102. The fourth-order valence-corrected chi connectivity index (χ4v) is 5.38. The molecule has 1 aliphatic heterocycles. The monoisotopic (exact) mass is 658 g/mol. The zero-order valence-electron chi connectivity index (χ0n) is 24.9. The van der Waals surface area contributed by atoms with Crippen molar-refractivity contribution >= 4 is 57.2 Å². The summed E-state index contributed by atoms with van der Waals surface area (Å²) >= 11 is 0. The number of amides is 4. The predicted molar refractivity (Wildman–Crippen MR) is 178 cm³/mol. The number of carbonyl (C=O) groups is 3. The second-order valence-corrected chi connectivity index (χ2v) is 10.8. The lowest BCUT2D eigenvalue weighted by atomic mass is 10.0. The van der Waals surface area contributed by atoms with Gasteiger partial charge in [0.15, 0.2) is 0 Å². The number of aromatic hydroxyl groups is 1. The van der Waals surface area contributed by atoms with E-state index in [0.717, 1.165) is 9.47 Å². The second-order valence-electron chi connectivity index (χ2n) is 10.8. The van der Waals surface area contributed by atoms with E-state index < -0.39 is 51.9 Å². The Labute approximate surface area is 271 Å². The normalized spacial score (nSPS) is 14.9. The Bertz CT molecular complexity index is 2700. The number of rotatable bonds is 6. The topological polar surface area (TPSA) is 239 Å². The SMILES string of the molecule is O=C1NC(=O)N(c2ccc3[nH]c(=O)[nH]c3c2)C(=O)/C1=C/C=C(C=Cc1c(O)[nH]c(=O)n(-c2ccc3[nH]c(=O)[nH]c3c2)c1=O)c1ccccc1. The van der Waals surface area contributed by atoms with Gasteiger partial charge >= 0.3 is 23.1 Å². The van der Waals surface area contributed by atoms with Crippen LogP contribution in [0.4, 0.5) is 10.5 Å². The molecular formula is C33H22N8O8. The number of urea groups is 1. The van der Waals surface area contributed by atoms with Crippen molar-refractivity contribution in [1.29, 1.82) is 0 Å². The summed E-state index contributed by atoms with van der Waals surface area (Å²) < 4.78 is 0.787. The van der Waals surface area contributed by atoms with E-state index in [1.54, 1.807) is 30.3 Å². The number of aromatic amines is 5. The van der Waals surface area contributed by atoms with Crippen molar-refractivity contribution < 1.29 is 19.5 Å². The van der Waals surface area contributed by atoms with Crippen molar-refractivity contribution in [3.63, 3.8) is 0 Å². The molecule has 16 heteroatoms. The van der Waals surface area contributed by atoms with Gasteiger partial charge in [-0.05, 0) is 59.7 Å². The molecule has 1 saturated heterocycles. The number of hydrogen-bond donors (Lipinski definition) is 7. The molecule has 7 N–H and O–H groups in total. The molecule has 0 atom stereocenters. The van der Waals surface area contributed by atoms with E-state index in [4.69, 9.17) is 0 Å². The number of aromatic nitrogens is 6. The molecule has 0 radical (unpaired) electrons. The van der Waals surface area contributed by atoms with Crippen LogP contribution in [0.5, 0.6) is 5.88 Å². The second kappa shape index (κ2) is 11.7. The first-order valence-corrected chi connectivity index (χ1v) is 14.5. The molecule has 0 spiro atoms. The highest BCUT2D eigenvalue weighted by Crippen LogP contribution is 2.25. The van der Waals surface area contributed by atoms with Gasteiger partial charge in [-0.3, -0.25) is 24.7 Å². The number of barbiturate groups is 1. The first-order valence-electron chi connectivity index (χ1n) is 14.5. The van der Waals surface area contributed by atoms with Crippen LogP contribution in [0.3, 0.4) is 0 Å². The third-order valence-electron chi connectivity index (χ3n) is 7.70. The lowest BCUT2D eigenvalue weighted by molar-refractivity contribution is -0.122. The molecule has 49 heavy (non-hydrogen) atoms. The van der Waals surface area contributed by atoms with Crippen molar-refractivity contribution in [3.8, 4) is 11.6 Å². The van der Waals surface area contributed by atoms with Crippen molar-refractivity contribution in [2.24, 2.45) is 0 Å². The summed E-state index contributed by atoms with van der Waals surface area (Å²) in [6.07, 6.45) is 5.31. The summed E-state index contributed by atoms with van der Waals surface area (Å²) in [5.41, 5.74) is -0.672. The van der Waals surface area contributed by atoms with Crippen molar-refractivity contribution in [1.82, 2.24) is 34.8 Å². The highest BCUT2D eigenvalue weighted by Gasteiger charge is 2.36. The first kappa shape index (κ1) is 30.2. The van der Waals surface area contributed by atoms with Crippen LogP contribution >= 0.6 is 0 Å². The quantitative estimate of drug-likeness (QED) is 0.0790. The summed E-state index contributed by atoms with van der Waals surface area (Å²) in [5.74, 6) is -2.58. The molecule has 4 amide bonds. The molecule has 0 aliphatic carbocycles. The van der Waals surface area contributed by atoms with Gasteiger partial charge in [-0.25, -0.2) is 28.6 Å². The van der Waals surface area contributed by atoms with Crippen LogP contribution in [-0.2, 0) is 9.59 Å². The minimum atomic E-state index is -0.983. The molecule has 6 aromatic rings. The number of anilines is 1. The Morgan fingerprint density at radius 1 is 0.694 bits per heavy atom. The van der Waals surface area contributed by atoms with Crippen LogP contribution in [-0.4, -0.2) is 52.4 Å².